The van der Waals surface area contributed by atoms with Crippen molar-refractivity contribution in [2.24, 2.45) is 0 Å². The molecule has 4 nitrogen and oxygen atoms in total. The smallest absolute Gasteiger partial charge is 0.255 e. The molecule has 0 amide bonds. The second kappa shape index (κ2) is 6.75. The fourth-order valence-corrected chi connectivity index (χ4v) is 4.51. The Kier molecular flexibility index (Phi) is 4.69. The number of nitrogens with one attached hydrogen (secondary N) is 1. The third-order valence-electron chi connectivity index (χ3n) is 3.62. The number of nitrogens with zero attached hydrogens (tertiary/aromatic N) is 1. The first-order chi connectivity index (χ1) is 11.5. The van der Waals surface area contributed by atoms with Crippen molar-refractivity contribution >= 4 is 26.5 Å². The minimum Gasteiger partial charge on any atom is -0.255 e. The minimum atomic E-state index is -3.63. The SMILES string of the molecule is CCc1sc(NS(=O)(=O)c2ccc(C)cc2)nc1-c1ccccc1. The maximum Gasteiger partial charge on any atom is 0.263 e. The molecule has 0 saturated heterocycles. The van der Waals surface area contributed by atoms with Crippen molar-refractivity contribution in [2.45, 2.75) is 25.2 Å². The van der Waals surface area contributed by atoms with Crippen LogP contribution < -0.4 is 4.72 Å². The van der Waals surface area contributed by atoms with Gasteiger partial charge in [-0.25, -0.2) is 13.4 Å². The molecular weight excluding hydrogens is 340 g/mol. The zero-order valence-corrected chi connectivity index (χ0v) is 15.1. The highest BCUT2D eigenvalue weighted by Gasteiger charge is 2.18. The van der Waals surface area contributed by atoms with Crippen LogP contribution in [-0.4, -0.2) is 13.4 Å². The van der Waals surface area contributed by atoms with Gasteiger partial charge in [-0.05, 0) is 25.5 Å². The molecule has 3 rings (SSSR count). The molecule has 124 valence electrons. The summed E-state index contributed by atoms with van der Waals surface area (Å²) in [6.07, 6.45) is 0.800. The normalized spacial score (nSPS) is 11.4. The molecule has 1 aromatic heterocycles. The maximum absolute atomic E-state index is 12.5. The fraction of sp³-hybridized carbons (Fsp3) is 0.167. The molecule has 24 heavy (non-hydrogen) atoms. The Morgan fingerprint density at radius 1 is 1.04 bits per heavy atom. The largest absolute Gasteiger partial charge is 0.263 e. The van der Waals surface area contributed by atoms with Crippen LogP contribution in [-0.2, 0) is 16.4 Å². The van der Waals surface area contributed by atoms with Crippen LogP contribution in [0.2, 0.25) is 0 Å². The predicted octanol–water partition coefficient (Wildman–Crippen LogP) is 4.48. The number of benzene rings is 2. The lowest BCUT2D eigenvalue weighted by Crippen LogP contribution is -2.12. The molecule has 1 heterocycles. The van der Waals surface area contributed by atoms with Crippen LogP contribution in [0.4, 0.5) is 5.13 Å². The van der Waals surface area contributed by atoms with Crippen LogP contribution in [0, 0.1) is 6.92 Å². The lowest BCUT2D eigenvalue weighted by atomic mass is 10.1. The number of rotatable bonds is 5. The molecule has 0 unspecified atom stereocenters. The van der Waals surface area contributed by atoms with Crippen LogP contribution >= 0.6 is 11.3 Å². The van der Waals surface area contributed by atoms with Crippen molar-refractivity contribution in [2.75, 3.05) is 4.72 Å². The van der Waals surface area contributed by atoms with Crippen molar-refractivity contribution in [3.8, 4) is 11.3 Å². The fourth-order valence-electron chi connectivity index (χ4n) is 2.35. The van der Waals surface area contributed by atoms with Gasteiger partial charge in [0.1, 0.15) is 0 Å². The van der Waals surface area contributed by atoms with Gasteiger partial charge in [-0.15, -0.1) is 11.3 Å². The number of aromatic nitrogens is 1. The summed E-state index contributed by atoms with van der Waals surface area (Å²) >= 11 is 1.38. The van der Waals surface area contributed by atoms with Gasteiger partial charge in [0.25, 0.3) is 10.0 Å². The molecule has 3 aromatic rings. The van der Waals surface area contributed by atoms with E-state index in [1.54, 1.807) is 24.3 Å². The second-order valence-electron chi connectivity index (χ2n) is 5.43. The summed E-state index contributed by atoms with van der Waals surface area (Å²) in [5.74, 6) is 0. The van der Waals surface area contributed by atoms with Crippen LogP contribution in [0.1, 0.15) is 17.4 Å². The van der Waals surface area contributed by atoms with E-state index in [9.17, 15) is 8.42 Å². The first-order valence-electron chi connectivity index (χ1n) is 7.64. The number of hydrogen-bond acceptors (Lipinski definition) is 4. The highest BCUT2D eigenvalue weighted by molar-refractivity contribution is 7.93. The van der Waals surface area contributed by atoms with Gasteiger partial charge >= 0.3 is 0 Å². The summed E-state index contributed by atoms with van der Waals surface area (Å²) in [5, 5.41) is 0.395. The third-order valence-corrected chi connectivity index (χ3v) is 6.22. The molecule has 0 aliphatic rings. The Hall–Kier alpha value is -2.18. The Labute approximate surface area is 146 Å². The van der Waals surface area contributed by atoms with Crippen LogP contribution in [0.15, 0.2) is 59.5 Å². The van der Waals surface area contributed by atoms with E-state index in [0.29, 0.717) is 5.13 Å². The van der Waals surface area contributed by atoms with Gasteiger partial charge in [0, 0.05) is 10.4 Å². The van der Waals surface area contributed by atoms with Gasteiger partial charge in [-0.1, -0.05) is 55.0 Å². The summed E-state index contributed by atoms with van der Waals surface area (Å²) in [6, 6.07) is 16.6. The van der Waals surface area contributed by atoms with Crippen molar-refractivity contribution in [1.29, 1.82) is 0 Å². The number of hydrogen-bond donors (Lipinski definition) is 1. The van der Waals surface area contributed by atoms with Gasteiger partial charge < -0.3 is 0 Å². The zero-order valence-electron chi connectivity index (χ0n) is 13.5. The minimum absolute atomic E-state index is 0.239. The van der Waals surface area contributed by atoms with E-state index in [4.69, 9.17) is 0 Å². The van der Waals surface area contributed by atoms with Gasteiger partial charge in [0.2, 0.25) is 0 Å². The highest BCUT2D eigenvalue weighted by Crippen LogP contribution is 2.32. The first kappa shape index (κ1) is 16.7. The summed E-state index contributed by atoms with van der Waals surface area (Å²) in [6.45, 7) is 3.96. The van der Waals surface area contributed by atoms with Crippen LogP contribution in [0.25, 0.3) is 11.3 Å². The first-order valence-corrected chi connectivity index (χ1v) is 9.94. The molecule has 0 atom stereocenters. The monoisotopic (exact) mass is 358 g/mol. The molecule has 2 aromatic carbocycles. The van der Waals surface area contributed by atoms with Crippen LogP contribution in [0.5, 0.6) is 0 Å². The van der Waals surface area contributed by atoms with E-state index in [2.05, 4.69) is 9.71 Å². The summed E-state index contributed by atoms with van der Waals surface area (Å²) in [4.78, 5) is 5.80. The zero-order chi connectivity index (χ0) is 17.2. The molecule has 6 heteroatoms. The van der Waals surface area contributed by atoms with Crippen molar-refractivity contribution in [1.82, 2.24) is 4.98 Å². The van der Waals surface area contributed by atoms with Crippen molar-refractivity contribution < 1.29 is 8.42 Å². The molecule has 0 aliphatic carbocycles. The van der Waals surface area contributed by atoms with Crippen molar-refractivity contribution in [3.63, 3.8) is 0 Å². The molecule has 0 radical (unpaired) electrons. The Balaban J connectivity index is 1.93. The van der Waals surface area contributed by atoms with E-state index in [0.717, 1.165) is 28.1 Å². The maximum atomic E-state index is 12.5. The second-order valence-corrected chi connectivity index (χ2v) is 8.19. The average molecular weight is 358 g/mol. The molecule has 0 aliphatic heterocycles. The van der Waals surface area contributed by atoms with E-state index in [1.807, 2.05) is 44.2 Å². The van der Waals surface area contributed by atoms with Crippen LogP contribution in [0.3, 0.4) is 0 Å². The number of anilines is 1. The predicted molar refractivity (Wildman–Crippen MR) is 98.9 cm³/mol. The molecule has 0 saturated carbocycles. The summed E-state index contributed by atoms with van der Waals surface area (Å²) in [7, 11) is -3.63. The van der Waals surface area contributed by atoms with Gasteiger partial charge in [0.05, 0.1) is 10.6 Å². The van der Waals surface area contributed by atoms with Gasteiger partial charge in [0.15, 0.2) is 5.13 Å². The Bertz CT molecular complexity index is 931. The molecular formula is C18H18N2O2S2. The van der Waals surface area contributed by atoms with Gasteiger partial charge in [-0.3, -0.25) is 4.72 Å². The third kappa shape index (κ3) is 3.49. The van der Waals surface area contributed by atoms with E-state index < -0.39 is 10.0 Å². The number of thiazole rings is 1. The lowest BCUT2D eigenvalue weighted by molar-refractivity contribution is 0.601. The average Bonchev–Trinajstić information content (AvgIpc) is 2.98. The summed E-state index contributed by atoms with van der Waals surface area (Å²) in [5.41, 5.74) is 2.85. The number of sulfonamides is 1. The molecule has 1 N–H and O–H groups in total. The Morgan fingerprint density at radius 2 is 1.71 bits per heavy atom. The van der Waals surface area contributed by atoms with E-state index >= 15 is 0 Å². The standard InChI is InChI=1S/C18H18N2O2S2/c1-3-16-17(14-7-5-4-6-8-14)19-18(23-16)20-24(21,22)15-11-9-13(2)10-12-15/h4-12H,3H2,1-2H3,(H,19,20). The quantitative estimate of drug-likeness (QED) is 0.731. The Morgan fingerprint density at radius 3 is 2.33 bits per heavy atom. The molecule has 0 fully saturated rings. The summed E-state index contributed by atoms with van der Waals surface area (Å²) < 4.78 is 27.6. The molecule has 0 bridgehead atoms. The van der Waals surface area contributed by atoms with E-state index in [-0.39, 0.29) is 4.90 Å². The van der Waals surface area contributed by atoms with Gasteiger partial charge in [-0.2, -0.15) is 0 Å². The number of aryl methyl sites for hydroxylation is 2. The molecule has 0 spiro atoms. The topological polar surface area (TPSA) is 59.1 Å². The lowest BCUT2D eigenvalue weighted by Gasteiger charge is -2.05. The van der Waals surface area contributed by atoms with E-state index in [1.165, 1.54) is 11.3 Å². The van der Waals surface area contributed by atoms with Crippen molar-refractivity contribution in [3.05, 3.63) is 65.0 Å². The highest BCUT2D eigenvalue weighted by atomic mass is 32.2.